The van der Waals surface area contributed by atoms with Gasteiger partial charge in [-0.1, -0.05) is 59.9 Å². The van der Waals surface area contributed by atoms with E-state index in [0.717, 1.165) is 37.8 Å². The second kappa shape index (κ2) is 9.31. The van der Waals surface area contributed by atoms with Crippen molar-refractivity contribution in [3.63, 3.8) is 0 Å². The second-order valence-electron chi connectivity index (χ2n) is 7.74. The summed E-state index contributed by atoms with van der Waals surface area (Å²) < 4.78 is 6.34. The van der Waals surface area contributed by atoms with Crippen molar-refractivity contribution in [2.45, 2.75) is 33.2 Å². The van der Waals surface area contributed by atoms with Crippen LogP contribution in [0.3, 0.4) is 0 Å². The minimum absolute atomic E-state index is 0.0769. The number of aromatic nitrogens is 1. The van der Waals surface area contributed by atoms with E-state index in [1.807, 2.05) is 59.5 Å². The number of hydrogen-bond acceptors (Lipinski definition) is 4. The van der Waals surface area contributed by atoms with Gasteiger partial charge < -0.3 is 4.74 Å². The summed E-state index contributed by atoms with van der Waals surface area (Å²) >= 11 is 1.59. The summed E-state index contributed by atoms with van der Waals surface area (Å²) in [6, 6.07) is 22.3. The largest absolute Gasteiger partial charge is 0.497 e. The lowest BCUT2D eigenvalue weighted by Gasteiger charge is -2.20. The fourth-order valence-electron chi connectivity index (χ4n) is 3.68. The zero-order valence-corrected chi connectivity index (χ0v) is 18.9. The molecule has 0 aliphatic heterocycles. The van der Waals surface area contributed by atoms with Crippen molar-refractivity contribution >= 4 is 32.6 Å². The zero-order chi connectivity index (χ0) is 21.8. The molecule has 31 heavy (non-hydrogen) atoms. The van der Waals surface area contributed by atoms with Gasteiger partial charge in [-0.05, 0) is 60.7 Å². The van der Waals surface area contributed by atoms with Gasteiger partial charge in [0, 0.05) is 6.42 Å². The first kappa shape index (κ1) is 21.1. The molecule has 1 aromatic heterocycles. The number of ether oxygens (including phenoxy) is 1. The van der Waals surface area contributed by atoms with Crippen molar-refractivity contribution in [1.82, 2.24) is 4.98 Å². The van der Waals surface area contributed by atoms with Gasteiger partial charge >= 0.3 is 0 Å². The van der Waals surface area contributed by atoms with Crippen LogP contribution in [-0.4, -0.2) is 18.0 Å². The summed E-state index contributed by atoms with van der Waals surface area (Å²) in [6.07, 6.45) is 1.10. The highest BCUT2D eigenvalue weighted by Gasteiger charge is 2.21. The van der Waals surface area contributed by atoms with Crippen LogP contribution in [0.4, 0.5) is 5.13 Å². The lowest BCUT2D eigenvalue weighted by molar-refractivity contribution is -0.118. The molecular formula is C26H26N2O2S. The predicted octanol–water partition coefficient (Wildman–Crippen LogP) is 6.09. The molecule has 158 valence electrons. The SMILES string of the molecule is COc1ccc(CCC(=O)N(Cc2ccccc2)c2nc3c(C)cc(C)cc3s2)cc1. The Bertz CT molecular complexity index is 1180. The van der Waals surface area contributed by atoms with E-state index in [0.29, 0.717) is 19.4 Å². The standard InChI is InChI=1S/C26H26N2O2S/c1-18-15-19(2)25-23(16-18)31-26(27-25)28(17-21-7-5-4-6-8-21)24(29)14-11-20-9-12-22(30-3)13-10-20/h4-10,12-13,15-16H,11,14,17H2,1-3H3. The van der Waals surface area contributed by atoms with Crippen molar-refractivity contribution in [3.05, 3.63) is 89.0 Å². The molecule has 0 radical (unpaired) electrons. The van der Waals surface area contributed by atoms with Gasteiger partial charge in [0.05, 0.1) is 23.9 Å². The van der Waals surface area contributed by atoms with Gasteiger partial charge in [0.1, 0.15) is 5.75 Å². The van der Waals surface area contributed by atoms with Crippen LogP contribution < -0.4 is 9.64 Å². The number of hydrogen-bond donors (Lipinski definition) is 0. The van der Waals surface area contributed by atoms with Gasteiger partial charge in [-0.3, -0.25) is 9.69 Å². The molecule has 5 heteroatoms. The Balaban J connectivity index is 1.60. The first-order chi connectivity index (χ1) is 15.0. The molecule has 0 saturated carbocycles. The average Bonchev–Trinajstić information content (AvgIpc) is 3.21. The van der Waals surface area contributed by atoms with Gasteiger partial charge in [-0.2, -0.15) is 0 Å². The molecule has 0 fully saturated rings. The fraction of sp³-hybridized carbons (Fsp3) is 0.231. The van der Waals surface area contributed by atoms with E-state index in [1.165, 1.54) is 5.56 Å². The van der Waals surface area contributed by atoms with Crippen LogP contribution in [0.5, 0.6) is 5.75 Å². The van der Waals surface area contributed by atoms with Crippen LogP contribution in [0.25, 0.3) is 10.2 Å². The Hall–Kier alpha value is -3.18. The average molecular weight is 431 g/mol. The molecule has 0 bridgehead atoms. The summed E-state index contributed by atoms with van der Waals surface area (Å²) in [6.45, 7) is 4.68. The van der Waals surface area contributed by atoms with E-state index in [-0.39, 0.29) is 5.91 Å². The molecule has 1 amide bonds. The maximum atomic E-state index is 13.3. The summed E-state index contributed by atoms with van der Waals surface area (Å²) in [5, 5.41) is 0.757. The summed E-state index contributed by atoms with van der Waals surface area (Å²) in [5.41, 5.74) is 5.53. The highest BCUT2D eigenvalue weighted by atomic mass is 32.1. The van der Waals surface area contributed by atoms with Crippen LogP contribution >= 0.6 is 11.3 Å². The highest BCUT2D eigenvalue weighted by molar-refractivity contribution is 7.22. The lowest BCUT2D eigenvalue weighted by atomic mass is 10.1. The Morgan fingerprint density at radius 2 is 1.74 bits per heavy atom. The van der Waals surface area contributed by atoms with Crippen molar-refractivity contribution < 1.29 is 9.53 Å². The first-order valence-corrected chi connectivity index (χ1v) is 11.2. The van der Waals surface area contributed by atoms with Crippen LogP contribution in [-0.2, 0) is 17.8 Å². The van der Waals surface area contributed by atoms with Gasteiger partial charge in [-0.25, -0.2) is 4.98 Å². The topological polar surface area (TPSA) is 42.4 Å². The minimum Gasteiger partial charge on any atom is -0.497 e. The third-order valence-corrected chi connectivity index (χ3v) is 6.35. The molecule has 4 nitrogen and oxygen atoms in total. The maximum Gasteiger partial charge on any atom is 0.229 e. The van der Waals surface area contributed by atoms with Crippen LogP contribution in [0.1, 0.15) is 28.7 Å². The molecule has 0 spiro atoms. The Kier molecular flexibility index (Phi) is 6.33. The van der Waals surface area contributed by atoms with Crippen molar-refractivity contribution in [3.8, 4) is 5.75 Å². The third-order valence-electron chi connectivity index (χ3n) is 5.32. The Morgan fingerprint density at radius 3 is 2.45 bits per heavy atom. The summed E-state index contributed by atoms with van der Waals surface area (Å²) in [7, 11) is 1.65. The number of amides is 1. The molecule has 4 rings (SSSR count). The Morgan fingerprint density at radius 1 is 1.00 bits per heavy atom. The molecule has 1 heterocycles. The number of methoxy groups -OCH3 is 1. The normalized spacial score (nSPS) is 10.9. The quantitative estimate of drug-likeness (QED) is 0.356. The fourth-order valence-corrected chi connectivity index (χ4v) is 4.84. The molecule has 0 unspecified atom stereocenters. The molecule has 0 N–H and O–H groups in total. The maximum absolute atomic E-state index is 13.3. The minimum atomic E-state index is 0.0769. The van der Waals surface area contributed by atoms with Crippen molar-refractivity contribution in [2.75, 3.05) is 12.0 Å². The second-order valence-corrected chi connectivity index (χ2v) is 8.75. The van der Waals surface area contributed by atoms with E-state index in [9.17, 15) is 4.79 Å². The molecule has 0 saturated heterocycles. The van der Waals surface area contributed by atoms with Gasteiger partial charge in [0.15, 0.2) is 5.13 Å². The van der Waals surface area contributed by atoms with E-state index >= 15 is 0 Å². The number of benzene rings is 3. The van der Waals surface area contributed by atoms with E-state index < -0.39 is 0 Å². The number of nitrogens with zero attached hydrogens (tertiary/aromatic N) is 2. The van der Waals surface area contributed by atoms with Gasteiger partial charge in [0.2, 0.25) is 5.91 Å². The molecular weight excluding hydrogens is 404 g/mol. The molecule has 0 aliphatic carbocycles. The van der Waals surface area contributed by atoms with Crippen molar-refractivity contribution in [2.24, 2.45) is 0 Å². The molecule has 0 aliphatic rings. The molecule has 3 aromatic carbocycles. The van der Waals surface area contributed by atoms with Crippen LogP contribution in [0, 0.1) is 13.8 Å². The third kappa shape index (κ3) is 4.94. The van der Waals surface area contributed by atoms with Gasteiger partial charge in [-0.15, -0.1) is 0 Å². The lowest BCUT2D eigenvalue weighted by Crippen LogP contribution is -2.30. The smallest absolute Gasteiger partial charge is 0.229 e. The summed E-state index contributed by atoms with van der Waals surface area (Å²) in [5.74, 6) is 0.897. The highest BCUT2D eigenvalue weighted by Crippen LogP contribution is 2.33. The zero-order valence-electron chi connectivity index (χ0n) is 18.1. The van der Waals surface area contributed by atoms with E-state index in [1.54, 1.807) is 18.4 Å². The number of rotatable bonds is 7. The number of fused-ring (bicyclic) bond motifs is 1. The van der Waals surface area contributed by atoms with Crippen LogP contribution in [0.15, 0.2) is 66.7 Å². The van der Waals surface area contributed by atoms with Crippen molar-refractivity contribution in [1.29, 1.82) is 0 Å². The van der Waals surface area contributed by atoms with E-state index in [2.05, 4.69) is 26.0 Å². The Labute approximate surface area is 187 Å². The van der Waals surface area contributed by atoms with E-state index in [4.69, 9.17) is 9.72 Å². The molecule has 4 aromatic rings. The summed E-state index contributed by atoms with van der Waals surface area (Å²) in [4.78, 5) is 20.0. The van der Waals surface area contributed by atoms with Gasteiger partial charge in [0.25, 0.3) is 0 Å². The molecule has 0 atom stereocenters. The number of thiazole rings is 1. The van der Waals surface area contributed by atoms with Crippen LogP contribution in [0.2, 0.25) is 0 Å². The predicted molar refractivity (Wildman–Crippen MR) is 128 cm³/mol. The number of anilines is 1. The number of aryl methyl sites for hydroxylation is 3. The monoisotopic (exact) mass is 430 g/mol. The number of carbonyl (C=O) groups is 1. The number of carbonyl (C=O) groups excluding carboxylic acids is 1. The first-order valence-electron chi connectivity index (χ1n) is 10.4.